The van der Waals surface area contributed by atoms with E-state index in [9.17, 15) is 31.2 Å². The number of rotatable bonds is 13. The molecule has 1 N–H and O–H groups in total. The van der Waals surface area contributed by atoms with Crippen molar-refractivity contribution in [2.45, 2.75) is 51.9 Å². The van der Waals surface area contributed by atoms with Crippen molar-refractivity contribution in [2.24, 2.45) is 0 Å². The van der Waals surface area contributed by atoms with Crippen LogP contribution in [0.15, 0.2) is 78.9 Å². The van der Waals surface area contributed by atoms with Gasteiger partial charge in [-0.05, 0) is 49.6 Å². The summed E-state index contributed by atoms with van der Waals surface area (Å²) < 4.78 is 65.8. The highest BCUT2D eigenvalue weighted by molar-refractivity contribution is 7.92. The molecule has 0 aromatic heterocycles. The summed E-state index contributed by atoms with van der Waals surface area (Å²) in [4.78, 5) is 28.5. The number of halogens is 3. The number of likely N-dealkylation sites (N-methyl/N-ethyl adjacent to an activating group) is 1. The predicted octanol–water partition coefficient (Wildman–Crippen LogP) is 5.34. The number of anilines is 1. The fourth-order valence-electron chi connectivity index (χ4n) is 4.58. The number of nitrogens with one attached hydrogen (secondary N) is 1. The average Bonchev–Trinajstić information content (AvgIpc) is 2.93. The van der Waals surface area contributed by atoms with Crippen molar-refractivity contribution in [3.05, 3.63) is 101 Å². The van der Waals surface area contributed by atoms with E-state index in [-0.39, 0.29) is 49.9 Å². The lowest BCUT2D eigenvalue weighted by atomic mass is 10.0. The standard InChI is InChI=1S/C31H36F3N3O4S/c1-4-35-30(39)28(20-24-10-6-5-7-11-24)36(22-25-17-15-23(2)16-18-25)29(38)14-9-19-37(42(3,40)41)27-13-8-12-26(21-27)31(32,33)34/h5-8,10-13,15-18,21,28H,4,9,14,19-20,22H2,1-3H3,(H,35,39)/t28-/m0/s1. The SMILES string of the molecule is CCNC(=O)[C@H](Cc1ccccc1)N(Cc1ccc(C)cc1)C(=O)CCCN(c1cccc(C(F)(F)F)c1)S(C)(=O)=O. The molecule has 0 spiro atoms. The molecule has 3 aromatic carbocycles. The maximum Gasteiger partial charge on any atom is 0.416 e. The number of benzene rings is 3. The van der Waals surface area contributed by atoms with Gasteiger partial charge >= 0.3 is 6.18 Å². The van der Waals surface area contributed by atoms with E-state index in [2.05, 4.69) is 5.32 Å². The Bertz CT molecular complexity index is 1450. The summed E-state index contributed by atoms with van der Waals surface area (Å²) in [6, 6.07) is 20.1. The minimum Gasteiger partial charge on any atom is -0.355 e. The molecule has 42 heavy (non-hydrogen) atoms. The number of hydrogen-bond donors (Lipinski definition) is 1. The summed E-state index contributed by atoms with van der Waals surface area (Å²) in [5.74, 6) is -0.691. The van der Waals surface area contributed by atoms with E-state index < -0.39 is 27.8 Å². The number of carbonyl (C=O) groups is 2. The maximum atomic E-state index is 13.7. The summed E-state index contributed by atoms with van der Waals surface area (Å²) in [5.41, 5.74) is 1.61. The molecular formula is C31H36F3N3O4S. The molecule has 2 amide bonds. The zero-order valence-corrected chi connectivity index (χ0v) is 24.7. The zero-order chi connectivity index (χ0) is 30.9. The van der Waals surface area contributed by atoms with Gasteiger partial charge in [0.15, 0.2) is 0 Å². The number of carbonyl (C=O) groups excluding carboxylic acids is 2. The Kier molecular flexibility index (Phi) is 11.2. The monoisotopic (exact) mass is 603 g/mol. The first-order chi connectivity index (χ1) is 19.8. The van der Waals surface area contributed by atoms with Crippen LogP contribution in [0.25, 0.3) is 0 Å². The van der Waals surface area contributed by atoms with Crippen LogP contribution in [0.5, 0.6) is 0 Å². The Hall–Kier alpha value is -3.86. The Morgan fingerprint density at radius 1 is 0.929 bits per heavy atom. The third-order valence-electron chi connectivity index (χ3n) is 6.71. The van der Waals surface area contributed by atoms with Crippen molar-refractivity contribution in [1.29, 1.82) is 0 Å². The second kappa shape index (κ2) is 14.4. The first-order valence-electron chi connectivity index (χ1n) is 13.6. The molecule has 0 saturated heterocycles. The molecule has 7 nitrogen and oxygen atoms in total. The predicted molar refractivity (Wildman–Crippen MR) is 157 cm³/mol. The average molecular weight is 604 g/mol. The van der Waals surface area contributed by atoms with E-state index in [0.717, 1.165) is 45.5 Å². The van der Waals surface area contributed by atoms with Crippen LogP contribution in [0, 0.1) is 6.92 Å². The fourth-order valence-corrected chi connectivity index (χ4v) is 5.53. The van der Waals surface area contributed by atoms with E-state index in [0.29, 0.717) is 6.54 Å². The molecule has 3 aromatic rings. The molecule has 0 aliphatic heterocycles. The highest BCUT2D eigenvalue weighted by Crippen LogP contribution is 2.32. The second-order valence-electron chi connectivity index (χ2n) is 10.1. The summed E-state index contributed by atoms with van der Waals surface area (Å²) in [7, 11) is -3.95. The molecule has 0 unspecified atom stereocenters. The van der Waals surface area contributed by atoms with Crippen molar-refractivity contribution < 1.29 is 31.2 Å². The zero-order valence-electron chi connectivity index (χ0n) is 23.9. The molecule has 0 saturated carbocycles. The van der Waals surface area contributed by atoms with Gasteiger partial charge < -0.3 is 10.2 Å². The van der Waals surface area contributed by atoms with Gasteiger partial charge in [0, 0.05) is 32.5 Å². The number of aryl methyl sites for hydroxylation is 1. The Labute approximate surface area is 245 Å². The molecule has 0 radical (unpaired) electrons. The molecule has 11 heteroatoms. The van der Waals surface area contributed by atoms with Crippen molar-refractivity contribution in [2.75, 3.05) is 23.7 Å². The molecule has 226 valence electrons. The van der Waals surface area contributed by atoms with E-state index in [4.69, 9.17) is 0 Å². The van der Waals surface area contributed by atoms with E-state index in [1.54, 1.807) is 6.92 Å². The third kappa shape index (κ3) is 9.34. The van der Waals surface area contributed by atoms with Gasteiger partial charge in [0.1, 0.15) is 6.04 Å². The summed E-state index contributed by atoms with van der Waals surface area (Å²) in [6.45, 7) is 4.04. The Morgan fingerprint density at radius 3 is 2.19 bits per heavy atom. The Balaban J connectivity index is 1.87. The van der Waals surface area contributed by atoms with Crippen LogP contribution in [-0.4, -0.2) is 50.5 Å². The fraction of sp³-hybridized carbons (Fsp3) is 0.355. The van der Waals surface area contributed by atoms with Gasteiger partial charge in [-0.15, -0.1) is 0 Å². The van der Waals surface area contributed by atoms with Gasteiger partial charge in [-0.3, -0.25) is 13.9 Å². The van der Waals surface area contributed by atoms with E-state index >= 15 is 0 Å². The van der Waals surface area contributed by atoms with Crippen LogP contribution >= 0.6 is 0 Å². The lowest BCUT2D eigenvalue weighted by molar-refractivity contribution is -0.141. The van der Waals surface area contributed by atoms with Crippen LogP contribution in [0.3, 0.4) is 0 Å². The van der Waals surface area contributed by atoms with Crippen molar-refractivity contribution in [3.63, 3.8) is 0 Å². The molecule has 0 bridgehead atoms. The smallest absolute Gasteiger partial charge is 0.355 e. The number of alkyl halides is 3. The second-order valence-corrected chi connectivity index (χ2v) is 12.0. The molecule has 0 fully saturated rings. The number of nitrogens with zero attached hydrogens (tertiary/aromatic N) is 2. The van der Waals surface area contributed by atoms with Crippen molar-refractivity contribution >= 4 is 27.5 Å². The lowest BCUT2D eigenvalue weighted by Crippen LogP contribution is -2.50. The minimum atomic E-state index is -4.64. The van der Waals surface area contributed by atoms with Crippen LogP contribution in [-0.2, 0) is 38.8 Å². The number of sulfonamides is 1. The summed E-state index contributed by atoms with van der Waals surface area (Å²) in [6.07, 6.45) is -3.56. The van der Waals surface area contributed by atoms with Crippen LogP contribution < -0.4 is 9.62 Å². The van der Waals surface area contributed by atoms with Crippen LogP contribution in [0.2, 0.25) is 0 Å². The molecule has 0 aliphatic rings. The van der Waals surface area contributed by atoms with Gasteiger partial charge in [0.05, 0.1) is 17.5 Å². The quantitative estimate of drug-likeness (QED) is 0.286. The molecule has 0 aliphatic carbocycles. The molecule has 3 rings (SSSR count). The topological polar surface area (TPSA) is 86.8 Å². The molecular weight excluding hydrogens is 567 g/mol. The van der Waals surface area contributed by atoms with Gasteiger partial charge in [-0.1, -0.05) is 66.2 Å². The van der Waals surface area contributed by atoms with Crippen LogP contribution in [0.4, 0.5) is 18.9 Å². The summed E-state index contributed by atoms with van der Waals surface area (Å²) in [5, 5.41) is 2.82. The molecule has 1 atom stereocenters. The normalized spacial score (nSPS) is 12.4. The summed E-state index contributed by atoms with van der Waals surface area (Å²) >= 11 is 0. The van der Waals surface area contributed by atoms with Gasteiger partial charge in [0.25, 0.3) is 0 Å². The van der Waals surface area contributed by atoms with Gasteiger partial charge in [-0.25, -0.2) is 8.42 Å². The highest BCUT2D eigenvalue weighted by atomic mass is 32.2. The van der Waals surface area contributed by atoms with Crippen molar-refractivity contribution in [1.82, 2.24) is 10.2 Å². The first-order valence-corrected chi connectivity index (χ1v) is 15.5. The number of amides is 2. The van der Waals surface area contributed by atoms with Crippen LogP contribution in [0.1, 0.15) is 42.0 Å². The number of hydrogen-bond acceptors (Lipinski definition) is 4. The Morgan fingerprint density at radius 2 is 1.60 bits per heavy atom. The van der Waals surface area contributed by atoms with Gasteiger partial charge in [-0.2, -0.15) is 13.2 Å². The van der Waals surface area contributed by atoms with Crippen molar-refractivity contribution in [3.8, 4) is 0 Å². The third-order valence-corrected chi connectivity index (χ3v) is 7.90. The van der Waals surface area contributed by atoms with E-state index in [1.165, 1.54) is 11.0 Å². The van der Waals surface area contributed by atoms with Gasteiger partial charge in [0.2, 0.25) is 21.8 Å². The minimum absolute atomic E-state index is 0.0278. The first kappa shape index (κ1) is 32.7. The molecule has 0 heterocycles. The highest BCUT2D eigenvalue weighted by Gasteiger charge is 2.32. The lowest BCUT2D eigenvalue weighted by Gasteiger charge is -2.32. The largest absolute Gasteiger partial charge is 0.416 e. The van der Waals surface area contributed by atoms with E-state index in [1.807, 2.05) is 61.5 Å². The maximum absolute atomic E-state index is 13.7.